The van der Waals surface area contributed by atoms with Crippen LogP contribution in [0.4, 0.5) is 10.6 Å². The number of nitrogens with zero attached hydrogens (tertiary/aromatic N) is 6. The molecule has 0 saturated carbocycles. The summed E-state index contributed by atoms with van der Waals surface area (Å²) >= 11 is 0. The van der Waals surface area contributed by atoms with Crippen LogP contribution in [0.15, 0.2) is 30.9 Å². The van der Waals surface area contributed by atoms with Gasteiger partial charge in [0.05, 0.1) is 48.2 Å². The highest BCUT2D eigenvalue weighted by Gasteiger charge is 2.33. The van der Waals surface area contributed by atoms with Crippen molar-refractivity contribution in [2.45, 2.75) is 58.6 Å². The number of amides is 1. The first-order valence-electron chi connectivity index (χ1n) is 11.7. The number of carbonyl (C=O) groups excluding carboxylic acids is 1. The van der Waals surface area contributed by atoms with Crippen LogP contribution in [-0.4, -0.2) is 56.5 Å². The second-order valence-electron chi connectivity index (χ2n) is 9.92. The van der Waals surface area contributed by atoms with Crippen LogP contribution >= 0.6 is 0 Å². The Kier molecular flexibility index (Phi) is 6.52. The predicted octanol–water partition coefficient (Wildman–Crippen LogP) is 3.95. The zero-order valence-electron chi connectivity index (χ0n) is 20.8. The average Bonchev–Trinajstić information content (AvgIpc) is 3.21. The molecule has 0 aliphatic carbocycles. The fourth-order valence-corrected chi connectivity index (χ4v) is 4.15. The molecule has 184 valence electrons. The Morgan fingerprint density at radius 1 is 1.23 bits per heavy atom. The summed E-state index contributed by atoms with van der Waals surface area (Å²) in [5.41, 5.74) is 1.62. The van der Waals surface area contributed by atoms with Crippen molar-refractivity contribution in [1.82, 2.24) is 24.9 Å². The Balaban J connectivity index is 1.50. The molecule has 1 amide bonds. The van der Waals surface area contributed by atoms with Gasteiger partial charge in [0, 0.05) is 24.2 Å². The molecule has 0 unspecified atom stereocenters. The summed E-state index contributed by atoms with van der Waals surface area (Å²) in [6, 6.07) is 4.05. The lowest BCUT2D eigenvalue weighted by Gasteiger charge is -2.40. The van der Waals surface area contributed by atoms with Crippen molar-refractivity contribution in [3.05, 3.63) is 36.4 Å². The largest absolute Gasteiger partial charge is 0.492 e. The number of carbonyl (C=O) groups is 1. The predicted molar refractivity (Wildman–Crippen MR) is 131 cm³/mol. The van der Waals surface area contributed by atoms with Crippen LogP contribution in [0.2, 0.25) is 0 Å². The molecule has 1 N–H and O–H groups in total. The normalized spacial score (nSPS) is 15.5. The van der Waals surface area contributed by atoms with Gasteiger partial charge in [0.2, 0.25) is 0 Å². The second-order valence-corrected chi connectivity index (χ2v) is 9.92. The number of hydrogen-bond donors (Lipinski definition) is 1. The topological polar surface area (TPSA) is 118 Å². The number of anilines is 1. The van der Waals surface area contributed by atoms with Gasteiger partial charge in [-0.2, -0.15) is 10.4 Å². The molecule has 10 nitrogen and oxygen atoms in total. The summed E-state index contributed by atoms with van der Waals surface area (Å²) in [5.74, 6) is 1.40. The first-order chi connectivity index (χ1) is 16.6. The van der Waals surface area contributed by atoms with Crippen LogP contribution in [-0.2, 0) is 4.74 Å². The van der Waals surface area contributed by atoms with E-state index in [2.05, 4.69) is 31.4 Å². The average molecular weight is 478 g/mol. The maximum absolute atomic E-state index is 12.2. The van der Waals surface area contributed by atoms with E-state index >= 15 is 0 Å². The van der Waals surface area contributed by atoms with Gasteiger partial charge in [0.15, 0.2) is 0 Å². The molecule has 3 aromatic heterocycles. The molecule has 0 atom stereocenters. The zero-order chi connectivity index (χ0) is 25.2. The Bertz CT molecular complexity index is 1250. The molecule has 1 fully saturated rings. The van der Waals surface area contributed by atoms with E-state index in [0.29, 0.717) is 29.1 Å². The van der Waals surface area contributed by atoms with E-state index in [1.54, 1.807) is 23.1 Å². The fourth-order valence-electron chi connectivity index (χ4n) is 4.15. The lowest BCUT2D eigenvalue weighted by atomic mass is 9.90. The maximum atomic E-state index is 12.2. The maximum Gasteiger partial charge on any atom is 0.408 e. The van der Waals surface area contributed by atoms with E-state index in [1.807, 2.05) is 40.7 Å². The fraction of sp³-hybridized carbons (Fsp3) is 0.480. The third-order valence-electron chi connectivity index (χ3n) is 5.93. The SMILES string of the molecule is CCOc1cc(-c2cnc(N3CCC(C)(NC(=O)OC(C)(C)C)CC3)cn2)c2c(C#N)cnn2c1. The van der Waals surface area contributed by atoms with Crippen molar-refractivity contribution in [2.24, 2.45) is 0 Å². The number of fused-ring (bicyclic) bond motifs is 1. The van der Waals surface area contributed by atoms with Gasteiger partial charge < -0.3 is 19.7 Å². The van der Waals surface area contributed by atoms with Gasteiger partial charge in [-0.15, -0.1) is 0 Å². The van der Waals surface area contributed by atoms with Gasteiger partial charge in [-0.1, -0.05) is 0 Å². The molecule has 0 radical (unpaired) electrons. The minimum atomic E-state index is -0.531. The van der Waals surface area contributed by atoms with Gasteiger partial charge in [-0.05, 0) is 53.5 Å². The number of nitriles is 1. The number of nitrogens with one attached hydrogen (secondary N) is 1. The van der Waals surface area contributed by atoms with E-state index in [0.717, 1.165) is 37.3 Å². The van der Waals surface area contributed by atoms with E-state index in [9.17, 15) is 10.1 Å². The number of rotatable bonds is 5. The van der Waals surface area contributed by atoms with Crippen molar-refractivity contribution < 1.29 is 14.3 Å². The summed E-state index contributed by atoms with van der Waals surface area (Å²) in [4.78, 5) is 23.7. The Hall–Kier alpha value is -3.87. The smallest absolute Gasteiger partial charge is 0.408 e. The third-order valence-corrected chi connectivity index (χ3v) is 5.93. The molecular formula is C25H31N7O3. The molecule has 35 heavy (non-hydrogen) atoms. The lowest BCUT2D eigenvalue weighted by molar-refractivity contribution is 0.0448. The summed E-state index contributed by atoms with van der Waals surface area (Å²) < 4.78 is 12.7. The van der Waals surface area contributed by atoms with Crippen molar-refractivity contribution >= 4 is 17.4 Å². The van der Waals surface area contributed by atoms with Crippen molar-refractivity contribution in [3.8, 4) is 23.1 Å². The molecule has 3 aromatic rings. The highest BCUT2D eigenvalue weighted by atomic mass is 16.6. The number of hydrogen-bond acceptors (Lipinski definition) is 8. The summed E-state index contributed by atoms with van der Waals surface area (Å²) in [6.07, 6.45) is 7.86. The first-order valence-corrected chi connectivity index (χ1v) is 11.7. The van der Waals surface area contributed by atoms with Gasteiger partial charge >= 0.3 is 6.09 Å². The monoisotopic (exact) mass is 477 g/mol. The number of piperidine rings is 1. The van der Waals surface area contributed by atoms with Crippen molar-refractivity contribution in [3.63, 3.8) is 0 Å². The molecular weight excluding hydrogens is 446 g/mol. The Labute approximate surface area is 204 Å². The molecule has 4 rings (SSSR count). The number of pyridine rings is 1. The zero-order valence-corrected chi connectivity index (χ0v) is 20.8. The van der Waals surface area contributed by atoms with Gasteiger partial charge in [0.1, 0.15) is 23.2 Å². The van der Waals surface area contributed by atoms with Crippen LogP contribution in [0, 0.1) is 11.3 Å². The van der Waals surface area contributed by atoms with Crippen molar-refractivity contribution in [2.75, 3.05) is 24.6 Å². The molecule has 0 spiro atoms. The molecule has 0 bridgehead atoms. The van der Waals surface area contributed by atoms with Crippen LogP contribution in [0.5, 0.6) is 5.75 Å². The second kappa shape index (κ2) is 9.41. The Morgan fingerprint density at radius 2 is 1.97 bits per heavy atom. The molecule has 1 aliphatic heterocycles. The molecule has 10 heteroatoms. The van der Waals surface area contributed by atoms with Crippen LogP contribution < -0.4 is 15.0 Å². The Morgan fingerprint density at radius 3 is 2.57 bits per heavy atom. The summed E-state index contributed by atoms with van der Waals surface area (Å²) in [7, 11) is 0. The minimum Gasteiger partial charge on any atom is -0.492 e. The van der Waals surface area contributed by atoms with E-state index < -0.39 is 11.7 Å². The van der Waals surface area contributed by atoms with E-state index in [-0.39, 0.29) is 5.54 Å². The molecule has 0 aromatic carbocycles. The minimum absolute atomic E-state index is 0.340. The quantitative estimate of drug-likeness (QED) is 0.587. The molecule has 1 aliphatic rings. The number of ether oxygens (including phenoxy) is 2. The number of alkyl carbamates (subject to hydrolysis) is 1. The molecule has 4 heterocycles. The van der Waals surface area contributed by atoms with E-state index in [4.69, 9.17) is 9.47 Å². The highest BCUT2D eigenvalue weighted by Crippen LogP contribution is 2.31. The standard InChI is InChI=1S/C25H31N7O3/c1-6-34-18-11-19(22-17(12-26)13-29-32(22)16-18)20-14-28-21(15-27-20)31-9-7-25(5,8-10-31)30-23(33)35-24(2,3)4/h11,13-16H,6-10H2,1-5H3,(H,30,33). The first kappa shape index (κ1) is 24.3. The van der Waals surface area contributed by atoms with Crippen LogP contribution in [0.25, 0.3) is 16.8 Å². The van der Waals surface area contributed by atoms with Gasteiger partial charge in [-0.25, -0.2) is 14.3 Å². The number of aromatic nitrogens is 4. The lowest BCUT2D eigenvalue weighted by Crippen LogP contribution is -2.54. The summed E-state index contributed by atoms with van der Waals surface area (Å²) in [5, 5.41) is 16.8. The summed E-state index contributed by atoms with van der Waals surface area (Å²) in [6.45, 7) is 11.5. The van der Waals surface area contributed by atoms with Crippen molar-refractivity contribution in [1.29, 1.82) is 5.26 Å². The van der Waals surface area contributed by atoms with Gasteiger partial charge in [0.25, 0.3) is 0 Å². The van der Waals surface area contributed by atoms with Crippen LogP contribution in [0.3, 0.4) is 0 Å². The van der Waals surface area contributed by atoms with Gasteiger partial charge in [-0.3, -0.25) is 4.98 Å². The van der Waals surface area contributed by atoms with E-state index in [1.165, 1.54) is 6.20 Å². The molecule has 1 saturated heterocycles. The van der Waals surface area contributed by atoms with Crippen LogP contribution in [0.1, 0.15) is 53.0 Å². The third kappa shape index (κ3) is 5.45. The highest BCUT2D eigenvalue weighted by molar-refractivity contribution is 5.83.